The van der Waals surface area contributed by atoms with Crippen LogP contribution in [-0.2, 0) is 19.3 Å². The lowest BCUT2D eigenvalue weighted by Gasteiger charge is -2.06. The Morgan fingerprint density at radius 3 is 2.04 bits per heavy atom. The van der Waals surface area contributed by atoms with E-state index in [1.54, 1.807) is 24.3 Å². The van der Waals surface area contributed by atoms with Gasteiger partial charge in [0.15, 0.2) is 5.69 Å². The van der Waals surface area contributed by atoms with Crippen LogP contribution in [-0.4, -0.2) is 36.5 Å². The second-order valence-corrected chi connectivity index (χ2v) is 6.00. The first-order chi connectivity index (χ1) is 13.1. The number of aromatic carboxylic acids is 1. The SMILES string of the molecule is NC(=O)c1cnn(Cc2ccc(Cn3cc(C(=O)O)c(C(F)(F)F)n3)cc2)c1. The van der Waals surface area contributed by atoms with E-state index in [4.69, 9.17) is 10.8 Å². The van der Waals surface area contributed by atoms with Crippen molar-refractivity contribution < 1.29 is 27.9 Å². The van der Waals surface area contributed by atoms with Gasteiger partial charge < -0.3 is 10.8 Å². The number of amides is 1. The molecule has 146 valence electrons. The maximum Gasteiger partial charge on any atom is 0.436 e. The number of aromatic nitrogens is 4. The van der Waals surface area contributed by atoms with Crippen LogP contribution in [0.3, 0.4) is 0 Å². The van der Waals surface area contributed by atoms with Gasteiger partial charge in [-0.3, -0.25) is 14.2 Å². The van der Waals surface area contributed by atoms with Crippen molar-refractivity contribution in [2.45, 2.75) is 19.3 Å². The summed E-state index contributed by atoms with van der Waals surface area (Å²) in [4.78, 5) is 22.1. The molecule has 8 nitrogen and oxygen atoms in total. The first-order valence-electron chi connectivity index (χ1n) is 7.91. The smallest absolute Gasteiger partial charge is 0.436 e. The Morgan fingerprint density at radius 1 is 1.04 bits per heavy atom. The van der Waals surface area contributed by atoms with Gasteiger partial charge in [-0.25, -0.2) is 4.79 Å². The van der Waals surface area contributed by atoms with Crippen molar-refractivity contribution >= 4 is 11.9 Å². The molecule has 0 atom stereocenters. The van der Waals surface area contributed by atoms with Crippen LogP contribution in [0.15, 0.2) is 42.9 Å². The fraction of sp³-hybridized carbons (Fsp3) is 0.176. The Morgan fingerprint density at radius 2 is 1.61 bits per heavy atom. The summed E-state index contributed by atoms with van der Waals surface area (Å²) in [6.45, 7) is 0.348. The van der Waals surface area contributed by atoms with Crippen LogP contribution < -0.4 is 5.73 Å². The van der Waals surface area contributed by atoms with E-state index < -0.39 is 29.3 Å². The summed E-state index contributed by atoms with van der Waals surface area (Å²) in [5, 5.41) is 16.3. The van der Waals surface area contributed by atoms with Crippen molar-refractivity contribution in [1.29, 1.82) is 0 Å². The minimum absolute atomic E-state index is 0.0236. The number of hydrogen-bond acceptors (Lipinski definition) is 4. The summed E-state index contributed by atoms with van der Waals surface area (Å²) in [6, 6.07) is 6.85. The summed E-state index contributed by atoms with van der Waals surface area (Å²) < 4.78 is 41.2. The summed E-state index contributed by atoms with van der Waals surface area (Å²) >= 11 is 0. The van der Waals surface area contributed by atoms with Crippen LogP contribution in [0, 0.1) is 0 Å². The van der Waals surface area contributed by atoms with E-state index in [1.807, 2.05) is 0 Å². The van der Waals surface area contributed by atoms with Crippen LogP contribution in [0.25, 0.3) is 0 Å². The Balaban J connectivity index is 1.73. The molecule has 0 saturated carbocycles. The van der Waals surface area contributed by atoms with Gasteiger partial charge in [0.05, 0.1) is 24.8 Å². The quantitative estimate of drug-likeness (QED) is 0.664. The largest absolute Gasteiger partial charge is 0.478 e. The second kappa shape index (κ2) is 7.18. The van der Waals surface area contributed by atoms with Crippen LogP contribution in [0.2, 0.25) is 0 Å². The average molecular weight is 393 g/mol. The summed E-state index contributed by atoms with van der Waals surface area (Å²) in [6.07, 6.45) is -1.14. The zero-order chi connectivity index (χ0) is 20.5. The lowest BCUT2D eigenvalue weighted by atomic mass is 10.1. The minimum atomic E-state index is -4.85. The monoisotopic (exact) mass is 393 g/mol. The molecule has 0 aliphatic carbocycles. The first-order valence-corrected chi connectivity index (χ1v) is 7.91. The van der Waals surface area contributed by atoms with Gasteiger partial charge in [-0.2, -0.15) is 23.4 Å². The van der Waals surface area contributed by atoms with Gasteiger partial charge in [-0.15, -0.1) is 0 Å². The molecule has 3 N–H and O–H groups in total. The highest BCUT2D eigenvalue weighted by molar-refractivity contribution is 5.92. The summed E-state index contributed by atoms with van der Waals surface area (Å²) in [5.41, 5.74) is 4.59. The fourth-order valence-corrected chi connectivity index (χ4v) is 2.57. The molecule has 0 bridgehead atoms. The van der Waals surface area contributed by atoms with Crippen LogP contribution in [0.5, 0.6) is 0 Å². The minimum Gasteiger partial charge on any atom is -0.478 e. The molecule has 1 aromatic carbocycles. The molecule has 3 aromatic rings. The standard InChI is InChI=1S/C17H14F3N5O3/c18-17(19,20)14-13(16(27)28)9-25(23-14)7-11-3-1-10(2-4-11)6-24-8-12(5-22-24)15(21)26/h1-5,8-9H,6-7H2,(H2,21,26)(H,27,28). The third-order valence-corrected chi connectivity index (χ3v) is 3.89. The molecule has 11 heteroatoms. The molecule has 0 unspecified atom stereocenters. The molecule has 3 rings (SSSR count). The van der Waals surface area contributed by atoms with E-state index in [1.165, 1.54) is 17.1 Å². The number of alkyl halides is 3. The molecule has 28 heavy (non-hydrogen) atoms. The van der Waals surface area contributed by atoms with E-state index in [0.717, 1.165) is 16.4 Å². The number of primary amides is 1. The molecule has 0 saturated heterocycles. The second-order valence-electron chi connectivity index (χ2n) is 6.00. The Labute approximate surface area is 156 Å². The van der Waals surface area contributed by atoms with Crippen molar-refractivity contribution in [1.82, 2.24) is 19.6 Å². The highest BCUT2D eigenvalue weighted by Gasteiger charge is 2.39. The van der Waals surface area contributed by atoms with Gasteiger partial charge in [0.1, 0.15) is 5.56 Å². The molecule has 1 amide bonds. The molecular weight excluding hydrogens is 379 g/mol. The average Bonchev–Trinajstić information content (AvgIpc) is 3.23. The summed E-state index contributed by atoms with van der Waals surface area (Å²) in [7, 11) is 0. The lowest BCUT2D eigenvalue weighted by molar-refractivity contribution is -0.142. The van der Waals surface area contributed by atoms with E-state index in [9.17, 15) is 22.8 Å². The number of halogens is 3. The molecule has 0 radical (unpaired) electrons. The van der Waals surface area contributed by atoms with E-state index in [0.29, 0.717) is 12.1 Å². The number of carbonyl (C=O) groups excluding carboxylic acids is 1. The van der Waals surface area contributed by atoms with Crippen molar-refractivity contribution in [3.63, 3.8) is 0 Å². The third kappa shape index (κ3) is 4.19. The normalized spacial score (nSPS) is 11.5. The number of nitrogens with two attached hydrogens (primary N) is 1. The zero-order valence-corrected chi connectivity index (χ0v) is 14.2. The Hall–Kier alpha value is -3.63. The molecule has 0 fully saturated rings. The van der Waals surface area contributed by atoms with Gasteiger partial charge in [0.25, 0.3) is 5.91 Å². The maximum atomic E-state index is 12.9. The van der Waals surface area contributed by atoms with Gasteiger partial charge in [-0.05, 0) is 11.1 Å². The maximum absolute atomic E-state index is 12.9. The fourth-order valence-electron chi connectivity index (χ4n) is 2.57. The van der Waals surface area contributed by atoms with Crippen molar-refractivity contribution in [2.75, 3.05) is 0 Å². The summed E-state index contributed by atoms with van der Waals surface area (Å²) in [5.74, 6) is -2.27. The number of rotatable bonds is 6. The molecular formula is C17H14F3N5O3. The topological polar surface area (TPSA) is 116 Å². The van der Waals surface area contributed by atoms with Gasteiger partial charge >= 0.3 is 12.1 Å². The predicted octanol–water partition coefficient (Wildman–Crippen LogP) is 1.99. The Kier molecular flexibility index (Phi) is 4.91. The van der Waals surface area contributed by atoms with Gasteiger partial charge in [-0.1, -0.05) is 24.3 Å². The highest BCUT2D eigenvalue weighted by Crippen LogP contribution is 2.30. The number of nitrogens with zero attached hydrogens (tertiary/aromatic N) is 4. The zero-order valence-electron chi connectivity index (χ0n) is 14.2. The lowest BCUT2D eigenvalue weighted by Crippen LogP contribution is -2.12. The molecule has 0 aliphatic heterocycles. The number of carboxylic acids is 1. The molecule has 0 aliphatic rings. The molecule has 0 spiro atoms. The Bertz CT molecular complexity index is 1020. The third-order valence-electron chi connectivity index (χ3n) is 3.89. The number of hydrogen-bond donors (Lipinski definition) is 2. The van der Waals surface area contributed by atoms with Gasteiger partial charge in [0.2, 0.25) is 0 Å². The molecule has 2 aromatic heterocycles. The van der Waals surface area contributed by atoms with E-state index in [-0.39, 0.29) is 12.1 Å². The highest BCUT2D eigenvalue weighted by atomic mass is 19.4. The number of carboxylic acid groups (broad SMARTS) is 1. The van der Waals surface area contributed by atoms with Crippen LogP contribution >= 0.6 is 0 Å². The number of carbonyl (C=O) groups is 2. The van der Waals surface area contributed by atoms with Crippen LogP contribution in [0.4, 0.5) is 13.2 Å². The number of benzene rings is 1. The van der Waals surface area contributed by atoms with Crippen molar-refractivity contribution in [3.05, 3.63) is 70.8 Å². The van der Waals surface area contributed by atoms with E-state index >= 15 is 0 Å². The van der Waals surface area contributed by atoms with Crippen molar-refractivity contribution in [2.24, 2.45) is 5.73 Å². The first kappa shape index (κ1) is 19.1. The van der Waals surface area contributed by atoms with Gasteiger partial charge in [0, 0.05) is 12.4 Å². The molecule has 2 heterocycles. The van der Waals surface area contributed by atoms with Crippen molar-refractivity contribution in [3.8, 4) is 0 Å². The predicted molar refractivity (Wildman–Crippen MR) is 89.6 cm³/mol. The van der Waals surface area contributed by atoms with E-state index in [2.05, 4.69) is 10.2 Å². The van der Waals surface area contributed by atoms with Crippen LogP contribution in [0.1, 0.15) is 37.5 Å².